The third-order valence-electron chi connectivity index (χ3n) is 4.38. The van der Waals surface area contributed by atoms with Crippen molar-refractivity contribution in [2.45, 2.75) is 31.1 Å². The topological polar surface area (TPSA) is 78.2 Å². The first-order valence-electron chi connectivity index (χ1n) is 8.16. The number of aryl methyl sites for hydroxylation is 1. The van der Waals surface area contributed by atoms with Crippen LogP contribution < -0.4 is 4.31 Å². The highest BCUT2D eigenvalue weighted by Crippen LogP contribution is 2.33. The maximum Gasteiger partial charge on any atom is 0.264 e. The molecule has 2 aromatic rings. The first kappa shape index (κ1) is 17.2. The van der Waals surface area contributed by atoms with Gasteiger partial charge in [0.2, 0.25) is 0 Å². The summed E-state index contributed by atoms with van der Waals surface area (Å²) in [5.74, 6) is -0.0101. The second kappa shape index (κ2) is 6.69. The van der Waals surface area contributed by atoms with E-state index in [2.05, 4.69) is 0 Å². The van der Waals surface area contributed by atoms with Crippen LogP contribution in [0.25, 0.3) is 0 Å². The summed E-state index contributed by atoms with van der Waals surface area (Å²) < 4.78 is 27.5. The number of hydrogen-bond donors (Lipinski definition) is 0. The van der Waals surface area contributed by atoms with Crippen molar-refractivity contribution in [3.63, 3.8) is 0 Å². The standard InChI is InChI=1S/C19H18N2O3S/c1-2-19(22)16-8-7-15-4-3-11-21(18(15)12-16)25(23,24)17-9-5-14(13-20)6-10-17/h5-10,12H,2-4,11H2,1H3. The molecule has 0 radical (unpaired) electrons. The number of anilines is 1. The number of benzene rings is 2. The lowest BCUT2D eigenvalue weighted by Crippen LogP contribution is -2.35. The number of fused-ring (bicyclic) bond motifs is 1. The zero-order valence-corrected chi connectivity index (χ0v) is 14.7. The van der Waals surface area contributed by atoms with Gasteiger partial charge in [-0.3, -0.25) is 9.10 Å². The molecule has 0 amide bonds. The molecule has 0 saturated carbocycles. The summed E-state index contributed by atoms with van der Waals surface area (Å²) in [4.78, 5) is 12.1. The Balaban J connectivity index is 2.06. The van der Waals surface area contributed by atoms with Crippen molar-refractivity contribution in [1.29, 1.82) is 5.26 Å². The smallest absolute Gasteiger partial charge is 0.264 e. The molecule has 0 N–H and O–H groups in total. The van der Waals surface area contributed by atoms with Crippen molar-refractivity contribution >= 4 is 21.5 Å². The van der Waals surface area contributed by atoms with Crippen LogP contribution in [0.15, 0.2) is 47.4 Å². The molecule has 0 aliphatic carbocycles. The second-order valence-electron chi connectivity index (χ2n) is 5.94. The van der Waals surface area contributed by atoms with Gasteiger partial charge in [-0.05, 0) is 48.7 Å². The van der Waals surface area contributed by atoms with Gasteiger partial charge in [-0.2, -0.15) is 5.26 Å². The molecule has 5 nitrogen and oxygen atoms in total. The molecule has 0 unspecified atom stereocenters. The van der Waals surface area contributed by atoms with Crippen LogP contribution in [0.3, 0.4) is 0 Å². The van der Waals surface area contributed by atoms with Gasteiger partial charge in [0.15, 0.2) is 5.78 Å². The lowest BCUT2D eigenvalue weighted by Gasteiger charge is -2.31. The number of sulfonamides is 1. The van der Waals surface area contributed by atoms with Crippen molar-refractivity contribution in [1.82, 2.24) is 0 Å². The maximum atomic E-state index is 13.1. The van der Waals surface area contributed by atoms with Gasteiger partial charge in [-0.1, -0.05) is 19.1 Å². The van der Waals surface area contributed by atoms with E-state index >= 15 is 0 Å². The molecule has 0 atom stereocenters. The SMILES string of the molecule is CCC(=O)c1ccc2c(c1)N(S(=O)(=O)c1ccc(C#N)cc1)CCC2. The first-order chi connectivity index (χ1) is 12.0. The van der Waals surface area contributed by atoms with Gasteiger partial charge in [-0.15, -0.1) is 0 Å². The van der Waals surface area contributed by atoms with Crippen LogP contribution in [0, 0.1) is 11.3 Å². The van der Waals surface area contributed by atoms with Crippen LogP contribution in [0.1, 0.15) is 41.3 Å². The fourth-order valence-corrected chi connectivity index (χ4v) is 4.53. The zero-order chi connectivity index (χ0) is 18.0. The lowest BCUT2D eigenvalue weighted by atomic mass is 9.99. The van der Waals surface area contributed by atoms with Gasteiger partial charge in [0, 0.05) is 18.5 Å². The number of rotatable bonds is 4. The van der Waals surface area contributed by atoms with E-state index in [1.165, 1.54) is 28.6 Å². The largest absolute Gasteiger partial charge is 0.294 e. The number of carbonyl (C=O) groups excluding carboxylic acids is 1. The van der Waals surface area contributed by atoms with Gasteiger partial charge in [0.25, 0.3) is 10.0 Å². The predicted octanol–water partition coefficient (Wildman–Crippen LogP) is 3.29. The number of Topliss-reactive ketones (excluding diaryl/α,β-unsaturated/α-hetero) is 1. The molecule has 0 fully saturated rings. The van der Waals surface area contributed by atoms with Crippen molar-refractivity contribution in [2.24, 2.45) is 0 Å². The first-order valence-corrected chi connectivity index (χ1v) is 9.60. The van der Waals surface area contributed by atoms with Crippen LogP contribution in [0.4, 0.5) is 5.69 Å². The Hall–Kier alpha value is -2.65. The van der Waals surface area contributed by atoms with E-state index in [-0.39, 0.29) is 10.7 Å². The van der Waals surface area contributed by atoms with Gasteiger partial charge in [0.05, 0.1) is 22.2 Å². The molecule has 25 heavy (non-hydrogen) atoms. The van der Waals surface area contributed by atoms with E-state index < -0.39 is 10.0 Å². The highest BCUT2D eigenvalue weighted by molar-refractivity contribution is 7.92. The molecule has 1 aliphatic rings. The highest BCUT2D eigenvalue weighted by atomic mass is 32.2. The summed E-state index contributed by atoms with van der Waals surface area (Å²) in [5, 5.41) is 8.87. The Morgan fingerprint density at radius 3 is 2.56 bits per heavy atom. The number of ketones is 1. The van der Waals surface area contributed by atoms with E-state index in [1.54, 1.807) is 19.1 Å². The Labute approximate surface area is 147 Å². The monoisotopic (exact) mass is 354 g/mol. The summed E-state index contributed by atoms with van der Waals surface area (Å²) in [6.07, 6.45) is 1.89. The molecule has 0 spiro atoms. The van der Waals surface area contributed by atoms with Gasteiger partial charge in [0.1, 0.15) is 0 Å². The fraction of sp³-hybridized carbons (Fsp3) is 0.263. The third-order valence-corrected chi connectivity index (χ3v) is 6.20. The summed E-state index contributed by atoms with van der Waals surface area (Å²) in [7, 11) is -3.74. The predicted molar refractivity (Wildman–Crippen MR) is 95.1 cm³/mol. The van der Waals surface area contributed by atoms with E-state index in [0.717, 1.165) is 18.4 Å². The normalized spacial score (nSPS) is 13.8. The van der Waals surface area contributed by atoms with Crippen molar-refractivity contribution in [3.05, 3.63) is 59.2 Å². The van der Waals surface area contributed by atoms with Crippen molar-refractivity contribution < 1.29 is 13.2 Å². The van der Waals surface area contributed by atoms with E-state index in [0.29, 0.717) is 29.8 Å². The molecule has 0 saturated heterocycles. The number of nitrogens with zero attached hydrogens (tertiary/aromatic N) is 2. The van der Waals surface area contributed by atoms with Crippen molar-refractivity contribution in [2.75, 3.05) is 10.8 Å². The molecular weight excluding hydrogens is 336 g/mol. The third kappa shape index (κ3) is 3.15. The number of nitriles is 1. The van der Waals surface area contributed by atoms with Crippen LogP contribution in [0.2, 0.25) is 0 Å². The molecule has 1 aliphatic heterocycles. The van der Waals surface area contributed by atoms with E-state index in [9.17, 15) is 13.2 Å². The van der Waals surface area contributed by atoms with Gasteiger partial charge >= 0.3 is 0 Å². The number of carbonyl (C=O) groups is 1. The van der Waals surface area contributed by atoms with E-state index in [1.807, 2.05) is 12.1 Å². The van der Waals surface area contributed by atoms with Gasteiger partial charge in [-0.25, -0.2) is 8.42 Å². The minimum absolute atomic E-state index is 0.0101. The average Bonchev–Trinajstić information content (AvgIpc) is 2.66. The van der Waals surface area contributed by atoms with Crippen LogP contribution >= 0.6 is 0 Å². The zero-order valence-electron chi connectivity index (χ0n) is 13.9. The molecule has 0 bridgehead atoms. The van der Waals surface area contributed by atoms with Crippen LogP contribution in [-0.2, 0) is 16.4 Å². The highest BCUT2D eigenvalue weighted by Gasteiger charge is 2.29. The fourth-order valence-electron chi connectivity index (χ4n) is 3.00. The molecule has 0 aromatic heterocycles. The Morgan fingerprint density at radius 1 is 1.20 bits per heavy atom. The minimum atomic E-state index is -3.74. The summed E-state index contributed by atoms with van der Waals surface area (Å²) in [6, 6.07) is 13.2. The molecule has 1 heterocycles. The van der Waals surface area contributed by atoms with Crippen LogP contribution in [0.5, 0.6) is 0 Å². The Bertz CT molecular complexity index is 957. The molecule has 6 heteroatoms. The average molecular weight is 354 g/mol. The Kier molecular flexibility index (Phi) is 4.60. The molecule has 3 rings (SSSR count). The number of hydrogen-bond acceptors (Lipinski definition) is 4. The molecular formula is C19H18N2O3S. The Morgan fingerprint density at radius 2 is 1.92 bits per heavy atom. The summed E-state index contributed by atoms with van der Waals surface area (Å²) >= 11 is 0. The minimum Gasteiger partial charge on any atom is -0.294 e. The van der Waals surface area contributed by atoms with E-state index in [4.69, 9.17) is 5.26 Å². The van der Waals surface area contributed by atoms with Gasteiger partial charge < -0.3 is 0 Å². The van der Waals surface area contributed by atoms with Crippen molar-refractivity contribution in [3.8, 4) is 6.07 Å². The quantitative estimate of drug-likeness (QED) is 0.789. The molecule has 2 aromatic carbocycles. The summed E-state index contributed by atoms with van der Waals surface area (Å²) in [6.45, 7) is 2.16. The molecule has 128 valence electrons. The second-order valence-corrected chi connectivity index (χ2v) is 7.80. The van der Waals surface area contributed by atoms with Crippen LogP contribution in [-0.4, -0.2) is 20.7 Å². The maximum absolute atomic E-state index is 13.1. The lowest BCUT2D eigenvalue weighted by molar-refractivity contribution is 0.0988. The summed E-state index contributed by atoms with van der Waals surface area (Å²) in [5.41, 5.74) is 2.45.